The molecule has 0 atom stereocenters. The fraction of sp³-hybridized carbons (Fsp3) is 0.385. The smallest absolute Gasteiger partial charge is 0.259 e. The lowest BCUT2D eigenvalue weighted by molar-refractivity contribution is -0.129. The third kappa shape index (κ3) is 4.07. The minimum atomic E-state index is -0.855. The molecule has 0 bridgehead atoms. The van der Waals surface area contributed by atoms with Crippen LogP contribution < -0.4 is 15.1 Å². The number of carbonyl (C=O) groups excluding carboxylic acids is 2. The van der Waals surface area contributed by atoms with Crippen molar-refractivity contribution in [1.82, 2.24) is 5.32 Å². The predicted octanol–water partition coefficient (Wildman–Crippen LogP) is 5.12. The van der Waals surface area contributed by atoms with Gasteiger partial charge < -0.3 is 10.2 Å². The van der Waals surface area contributed by atoms with Gasteiger partial charge in [0.2, 0.25) is 5.91 Å². The topological polar surface area (TPSA) is 76.4 Å². The van der Waals surface area contributed by atoms with Crippen molar-refractivity contribution >= 4 is 52.1 Å². The number of nitriles is 1. The summed E-state index contributed by atoms with van der Waals surface area (Å²) in [5.74, 6) is -1.13. The zero-order valence-corrected chi connectivity index (χ0v) is 21.4. The number of rotatable bonds is 6. The molecule has 0 unspecified atom stereocenters. The van der Waals surface area contributed by atoms with Crippen molar-refractivity contribution in [2.24, 2.45) is 5.41 Å². The number of carbonyl (C=O) groups is 2. The molecule has 1 aliphatic carbocycles. The summed E-state index contributed by atoms with van der Waals surface area (Å²) in [6.07, 6.45) is 3.48. The number of aryl methyl sites for hydroxylation is 1. The first-order valence-corrected chi connectivity index (χ1v) is 12.2. The highest BCUT2D eigenvalue weighted by atomic mass is 35.5. The molecule has 2 aliphatic rings. The van der Waals surface area contributed by atoms with Gasteiger partial charge in [0.1, 0.15) is 11.6 Å². The van der Waals surface area contributed by atoms with Crippen molar-refractivity contribution in [3.63, 3.8) is 0 Å². The van der Waals surface area contributed by atoms with E-state index >= 15 is 4.39 Å². The van der Waals surface area contributed by atoms with Gasteiger partial charge in [0.15, 0.2) is 10.9 Å². The molecule has 0 radical (unpaired) electrons. The second kappa shape index (κ2) is 9.21. The molecular formula is C26H26ClFN4O2S. The van der Waals surface area contributed by atoms with Crippen LogP contribution in [0.25, 0.3) is 0 Å². The Kier molecular flexibility index (Phi) is 6.60. The van der Waals surface area contributed by atoms with Gasteiger partial charge in [-0.25, -0.2) is 4.39 Å². The maximum absolute atomic E-state index is 15.1. The first-order chi connectivity index (χ1) is 16.6. The third-order valence-electron chi connectivity index (χ3n) is 7.09. The molecule has 4 rings (SSSR count). The number of hydrogen-bond donors (Lipinski definition) is 1. The van der Waals surface area contributed by atoms with Crippen molar-refractivity contribution in [2.75, 3.05) is 16.8 Å². The highest BCUT2D eigenvalue weighted by molar-refractivity contribution is 7.81. The molecule has 1 heterocycles. The number of amides is 2. The molecule has 1 saturated carbocycles. The summed E-state index contributed by atoms with van der Waals surface area (Å²) in [4.78, 5) is 28.7. The number of nitrogens with zero attached hydrogens (tertiary/aromatic N) is 3. The van der Waals surface area contributed by atoms with E-state index in [2.05, 4.69) is 5.32 Å². The summed E-state index contributed by atoms with van der Waals surface area (Å²) in [7, 11) is 1.64. The Bertz CT molecular complexity index is 1250. The van der Waals surface area contributed by atoms with Crippen LogP contribution in [0, 0.1) is 22.6 Å². The van der Waals surface area contributed by atoms with Crippen LogP contribution >= 0.6 is 23.8 Å². The number of nitrogens with one attached hydrogen (secondary N) is 1. The molecule has 1 saturated heterocycles. The van der Waals surface area contributed by atoms with Crippen molar-refractivity contribution in [1.29, 1.82) is 5.26 Å². The van der Waals surface area contributed by atoms with Crippen molar-refractivity contribution in [3.8, 4) is 6.07 Å². The van der Waals surface area contributed by atoms with Crippen LogP contribution in [0.3, 0.4) is 0 Å². The summed E-state index contributed by atoms with van der Waals surface area (Å²) in [6.45, 7) is 3.83. The normalized spacial score (nSPS) is 16.9. The average Bonchev–Trinajstić information content (AvgIpc) is 3.06. The number of anilines is 2. The Hall–Kier alpha value is -3.02. The molecule has 1 N–H and O–H groups in total. The molecule has 1 aliphatic heterocycles. The van der Waals surface area contributed by atoms with Crippen LogP contribution in [0.1, 0.15) is 50.7 Å². The van der Waals surface area contributed by atoms with Crippen molar-refractivity contribution in [3.05, 3.63) is 58.4 Å². The fourth-order valence-corrected chi connectivity index (χ4v) is 5.38. The molecular weight excluding hydrogens is 487 g/mol. The van der Waals surface area contributed by atoms with Crippen LogP contribution in [-0.2, 0) is 16.0 Å². The second-order valence-electron chi connectivity index (χ2n) is 9.65. The zero-order valence-electron chi connectivity index (χ0n) is 19.8. The van der Waals surface area contributed by atoms with Gasteiger partial charge in [0.05, 0.1) is 16.3 Å². The zero-order chi connectivity index (χ0) is 25.5. The number of thiocarbonyl (C=S) groups is 1. The third-order valence-corrected chi connectivity index (χ3v) is 7.83. The number of hydrogen-bond acceptors (Lipinski definition) is 4. The van der Waals surface area contributed by atoms with E-state index in [9.17, 15) is 9.59 Å². The molecule has 6 nitrogen and oxygen atoms in total. The largest absolute Gasteiger partial charge is 0.359 e. The average molecular weight is 513 g/mol. The number of halogens is 2. The number of benzene rings is 2. The highest BCUT2D eigenvalue weighted by Gasteiger charge is 2.60. The van der Waals surface area contributed by atoms with E-state index in [1.807, 2.05) is 49.1 Å². The summed E-state index contributed by atoms with van der Waals surface area (Å²) in [5, 5.41) is 11.7. The maximum Gasteiger partial charge on any atom is 0.259 e. The molecule has 2 aromatic carbocycles. The standard InChI is InChI=1S/C26H26ClFN4O2S/c1-25(2,22(33)30-3)14-11-16-5-8-18(9-6-16)32-24(35)31(23(34)26(32)12-4-13-26)19-10-7-17(15-29)20(27)21(19)28/h5-10H,4,11-14H2,1-3H3,(H,30,33). The minimum absolute atomic E-state index is 0.00259. The van der Waals surface area contributed by atoms with E-state index in [0.29, 0.717) is 19.3 Å². The highest BCUT2D eigenvalue weighted by Crippen LogP contribution is 2.48. The first kappa shape index (κ1) is 25.1. The van der Waals surface area contributed by atoms with Gasteiger partial charge in [-0.15, -0.1) is 0 Å². The monoisotopic (exact) mass is 512 g/mol. The van der Waals surface area contributed by atoms with Gasteiger partial charge in [0.25, 0.3) is 5.91 Å². The first-order valence-electron chi connectivity index (χ1n) is 11.5. The van der Waals surface area contributed by atoms with Crippen LogP contribution in [0.2, 0.25) is 5.02 Å². The fourth-order valence-electron chi connectivity index (χ4n) is 4.71. The Morgan fingerprint density at radius 2 is 1.91 bits per heavy atom. The van der Waals surface area contributed by atoms with Crippen LogP contribution in [0.5, 0.6) is 0 Å². The molecule has 9 heteroatoms. The van der Waals surface area contributed by atoms with Gasteiger partial charge in [0, 0.05) is 18.2 Å². The molecule has 0 aromatic heterocycles. The molecule has 182 valence electrons. The lowest BCUT2D eigenvalue weighted by Gasteiger charge is -2.43. The Labute approximate surface area is 214 Å². The Balaban J connectivity index is 1.63. The van der Waals surface area contributed by atoms with Gasteiger partial charge in [-0.05, 0) is 74.2 Å². The van der Waals surface area contributed by atoms with Crippen LogP contribution in [0.4, 0.5) is 15.8 Å². The lowest BCUT2D eigenvalue weighted by atomic mass is 9.75. The summed E-state index contributed by atoms with van der Waals surface area (Å²) >= 11 is 11.7. The van der Waals surface area contributed by atoms with E-state index in [1.165, 1.54) is 17.0 Å². The summed E-state index contributed by atoms with van der Waals surface area (Å²) < 4.78 is 15.1. The van der Waals surface area contributed by atoms with Gasteiger partial charge in [-0.3, -0.25) is 14.5 Å². The van der Waals surface area contributed by atoms with Gasteiger partial charge in [-0.1, -0.05) is 37.6 Å². The predicted molar refractivity (Wildman–Crippen MR) is 138 cm³/mol. The van der Waals surface area contributed by atoms with Gasteiger partial charge in [-0.2, -0.15) is 5.26 Å². The molecule has 2 fully saturated rings. The summed E-state index contributed by atoms with van der Waals surface area (Å²) in [6, 6.07) is 12.4. The minimum Gasteiger partial charge on any atom is -0.359 e. The van der Waals surface area contributed by atoms with Crippen molar-refractivity contribution < 1.29 is 14.0 Å². The molecule has 2 aromatic rings. The maximum atomic E-state index is 15.1. The molecule has 1 spiro atoms. The Morgan fingerprint density at radius 1 is 1.26 bits per heavy atom. The van der Waals surface area contributed by atoms with Crippen molar-refractivity contribution in [2.45, 2.75) is 51.5 Å². The van der Waals surface area contributed by atoms with E-state index in [-0.39, 0.29) is 33.2 Å². The Morgan fingerprint density at radius 3 is 2.46 bits per heavy atom. The van der Waals surface area contributed by atoms with E-state index in [4.69, 9.17) is 29.1 Å². The molecule has 2 amide bonds. The second-order valence-corrected chi connectivity index (χ2v) is 10.4. The lowest BCUT2D eigenvalue weighted by Crippen LogP contribution is -2.55. The SMILES string of the molecule is CNC(=O)C(C)(C)CCc1ccc(N2C(=S)N(c3ccc(C#N)c(Cl)c3F)C(=O)C23CCC3)cc1. The van der Waals surface area contributed by atoms with Crippen LogP contribution in [-0.4, -0.2) is 29.5 Å². The van der Waals surface area contributed by atoms with E-state index in [0.717, 1.165) is 24.1 Å². The van der Waals surface area contributed by atoms with Gasteiger partial charge >= 0.3 is 0 Å². The summed E-state index contributed by atoms with van der Waals surface area (Å²) in [5.41, 5.74) is 0.416. The molecule has 35 heavy (non-hydrogen) atoms. The van der Waals surface area contributed by atoms with E-state index in [1.54, 1.807) is 7.05 Å². The quantitative estimate of drug-likeness (QED) is 0.544. The van der Waals surface area contributed by atoms with Crippen LogP contribution in [0.15, 0.2) is 36.4 Å². The van der Waals surface area contributed by atoms with E-state index < -0.39 is 16.8 Å².